The van der Waals surface area contributed by atoms with E-state index in [0.717, 1.165) is 5.69 Å². The maximum Gasteiger partial charge on any atom is 0.259 e. The normalized spacial score (nSPS) is 12.4. The Hall–Kier alpha value is -2.51. The van der Waals surface area contributed by atoms with E-state index in [1.165, 1.54) is 0 Å². The second-order valence-corrected chi connectivity index (χ2v) is 9.32. The van der Waals surface area contributed by atoms with Crippen LogP contribution in [0.2, 0.25) is 5.02 Å². The summed E-state index contributed by atoms with van der Waals surface area (Å²) < 4.78 is 3.60. The highest BCUT2D eigenvalue weighted by atomic mass is 35.6. The Morgan fingerprint density at radius 2 is 1.47 bits per heavy atom. The second kappa shape index (κ2) is 11.4. The predicted molar refractivity (Wildman–Crippen MR) is 130 cm³/mol. The number of hydrogen-bond donors (Lipinski definition) is 2. The first-order valence-corrected chi connectivity index (χ1v) is 10.9. The molecule has 10 heteroatoms. The van der Waals surface area contributed by atoms with E-state index in [4.69, 9.17) is 51.1 Å². The number of carbonyl (C=O) groups is 1. The molecule has 0 saturated carbocycles. The third-order valence-corrected chi connectivity index (χ3v) is 4.94. The van der Waals surface area contributed by atoms with Crippen molar-refractivity contribution in [1.82, 2.24) is 5.32 Å². The number of halogens is 4. The van der Waals surface area contributed by atoms with Crippen LogP contribution in [0, 0.1) is 0 Å². The zero-order chi connectivity index (χ0) is 23.0. The van der Waals surface area contributed by atoms with Gasteiger partial charge in [0.2, 0.25) is 3.79 Å². The highest BCUT2D eigenvalue weighted by Gasteiger charge is 2.34. The van der Waals surface area contributed by atoms with E-state index in [9.17, 15) is 4.79 Å². The summed E-state index contributed by atoms with van der Waals surface area (Å²) in [6.07, 6.45) is -1.01. The van der Waals surface area contributed by atoms with Crippen molar-refractivity contribution in [2.45, 2.75) is 9.96 Å². The van der Waals surface area contributed by atoms with E-state index in [2.05, 4.69) is 20.9 Å². The first-order chi connectivity index (χ1) is 15.3. The molecule has 0 saturated heterocycles. The van der Waals surface area contributed by atoms with Gasteiger partial charge < -0.3 is 15.4 Å². The number of rotatable bonds is 8. The quantitative estimate of drug-likeness (QED) is 0.193. The summed E-state index contributed by atoms with van der Waals surface area (Å²) in [5.41, 5.74) is 2.00. The number of alkyl halides is 3. The van der Waals surface area contributed by atoms with E-state index in [1.54, 1.807) is 48.5 Å². The Morgan fingerprint density at radius 1 is 0.875 bits per heavy atom. The molecule has 0 bridgehead atoms. The molecular formula is C22H18Cl4N4O2. The summed E-state index contributed by atoms with van der Waals surface area (Å²) in [5.74, 6) is 0.0141. The molecule has 32 heavy (non-hydrogen) atoms. The Labute approximate surface area is 205 Å². The monoisotopic (exact) mass is 510 g/mol. The molecule has 0 radical (unpaired) electrons. The van der Waals surface area contributed by atoms with Gasteiger partial charge in [-0.1, -0.05) is 64.6 Å². The molecule has 3 aromatic carbocycles. The maximum absolute atomic E-state index is 12.3. The number of carbonyl (C=O) groups excluding carboxylic acids is 1. The molecule has 0 aromatic heterocycles. The van der Waals surface area contributed by atoms with Crippen LogP contribution in [0.1, 0.15) is 0 Å². The number of ether oxygens (including phenoxy) is 1. The average molecular weight is 512 g/mol. The van der Waals surface area contributed by atoms with Crippen LogP contribution in [0.15, 0.2) is 89.1 Å². The van der Waals surface area contributed by atoms with Crippen LogP contribution in [0.3, 0.4) is 0 Å². The van der Waals surface area contributed by atoms with E-state index >= 15 is 0 Å². The first-order valence-electron chi connectivity index (χ1n) is 9.37. The van der Waals surface area contributed by atoms with Crippen LogP contribution in [-0.2, 0) is 4.79 Å². The second-order valence-electron chi connectivity index (χ2n) is 6.51. The lowest BCUT2D eigenvalue weighted by atomic mass is 10.3. The largest absolute Gasteiger partial charge is 0.484 e. The van der Waals surface area contributed by atoms with Crippen molar-refractivity contribution in [1.29, 1.82) is 0 Å². The van der Waals surface area contributed by atoms with Gasteiger partial charge in [-0.3, -0.25) is 4.79 Å². The molecule has 166 valence electrons. The van der Waals surface area contributed by atoms with Crippen molar-refractivity contribution in [2.75, 3.05) is 11.9 Å². The number of hydrogen-bond acceptors (Lipinski definition) is 5. The van der Waals surface area contributed by atoms with Gasteiger partial charge in [0.05, 0.1) is 11.4 Å². The van der Waals surface area contributed by atoms with E-state index in [1.807, 2.05) is 30.3 Å². The van der Waals surface area contributed by atoms with Crippen molar-refractivity contribution >= 4 is 69.4 Å². The predicted octanol–water partition coefficient (Wildman–Crippen LogP) is 7.06. The molecular weight excluding hydrogens is 494 g/mol. The van der Waals surface area contributed by atoms with Gasteiger partial charge in [-0.2, -0.15) is 10.2 Å². The Balaban J connectivity index is 1.58. The SMILES string of the molecule is O=C(COc1ccc(Cl)cc1)N[C@@H](Nc1ccc(N=Nc2ccccc2)cc1)C(Cl)(Cl)Cl. The third-order valence-electron chi connectivity index (χ3n) is 4.03. The van der Waals surface area contributed by atoms with E-state index in [0.29, 0.717) is 22.1 Å². The number of nitrogens with one attached hydrogen (secondary N) is 2. The number of benzene rings is 3. The van der Waals surface area contributed by atoms with Gasteiger partial charge in [-0.15, -0.1) is 0 Å². The number of azo groups is 1. The van der Waals surface area contributed by atoms with Crippen molar-refractivity contribution in [2.24, 2.45) is 10.2 Å². The highest BCUT2D eigenvalue weighted by molar-refractivity contribution is 6.68. The molecule has 0 aliphatic carbocycles. The third kappa shape index (κ3) is 7.88. The first kappa shape index (κ1) is 24.1. The molecule has 2 N–H and O–H groups in total. The van der Waals surface area contributed by atoms with Gasteiger partial charge in [-0.25, -0.2) is 0 Å². The molecule has 1 amide bonds. The van der Waals surface area contributed by atoms with Gasteiger partial charge in [0.15, 0.2) is 6.61 Å². The van der Waals surface area contributed by atoms with Crippen LogP contribution in [0.4, 0.5) is 17.1 Å². The molecule has 1 atom stereocenters. The lowest BCUT2D eigenvalue weighted by molar-refractivity contribution is -0.123. The minimum Gasteiger partial charge on any atom is -0.484 e. The standard InChI is InChI=1S/C22H18Cl4N4O2/c23-15-6-12-19(13-7-15)32-14-20(31)28-21(22(24,25)26)27-16-8-10-18(11-9-16)30-29-17-4-2-1-3-5-17/h1-13,21,27H,14H2,(H,28,31)/t21-/m1/s1. The summed E-state index contributed by atoms with van der Waals surface area (Å²) in [6.45, 7) is -0.265. The fourth-order valence-electron chi connectivity index (χ4n) is 2.48. The number of amides is 1. The van der Waals surface area contributed by atoms with Gasteiger partial charge >= 0.3 is 0 Å². The molecule has 3 rings (SSSR count). The Morgan fingerprint density at radius 3 is 2.06 bits per heavy atom. The van der Waals surface area contributed by atoms with Crippen molar-refractivity contribution < 1.29 is 9.53 Å². The van der Waals surface area contributed by atoms with Crippen LogP contribution in [0.25, 0.3) is 0 Å². The number of anilines is 1. The van der Waals surface area contributed by atoms with Crippen molar-refractivity contribution in [3.05, 3.63) is 83.9 Å². The topological polar surface area (TPSA) is 75.1 Å². The van der Waals surface area contributed by atoms with Gasteiger partial charge in [0.1, 0.15) is 11.9 Å². The number of nitrogens with zero attached hydrogens (tertiary/aromatic N) is 2. The summed E-state index contributed by atoms with van der Waals surface area (Å²) in [7, 11) is 0. The van der Waals surface area contributed by atoms with Gasteiger partial charge in [-0.05, 0) is 60.7 Å². The fraction of sp³-hybridized carbons (Fsp3) is 0.136. The molecule has 3 aromatic rings. The molecule has 0 fully saturated rings. The van der Waals surface area contributed by atoms with Crippen LogP contribution >= 0.6 is 46.4 Å². The zero-order valence-corrected chi connectivity index (χ0v) is 19.5. The molecule has 0 spiro atoms. The zero-order valence-electron chi connectivity index (χ0n) is 16.5. The van der Waals surface area contributed by atoms with E-state index < -0.39 is 15.9 Å². The minimum absolute atomic E-state index is 0.265. The Bertz CT molecular complexity index is 1040. The maximum atomic E-state index is 12.3. The summed E-state index contributed by atoms with van der Waals surface area (Å²) in [6, 6.07) is 22.9. The highest BCUT2D eigenvalue weighted by Crippen LogP contribution is 2.31. The van der Waals surface area contributed by atoms with Crippen LogP contribution < -0.4 is 15.4 Å². The molecule has 0 aliphatic rings. The molecule has 0 heterocycles. The Kier molecular flexibility index (Phi) is 8.59. The molecule has 6 nitrogen and oxygen atoms in total. The van der Waals surface area contributed by atoms with Crippen LogP contribution in [-0.4, -0.2) is 22.5 Å². The fourth-order valence-corrected chi connectivity index (χ4v) is 2.94. The minimum atomic E-state index is -1.82. The van der Waals surface area contributed by atoms with Crippen molar-refractivity contribution in [3.63, 3.8) is 0 Å². The summed E-state index contributed by atoms with van der Waals surface area (Å²) >= 11 is 24.0. The summed E-state index contributed by atoms with van der Waals surface area (Å²) in [5, 5.41) is 14.5. The van der Waals surface area contributed by atoms with E-state index in [-0.39, 0.29) is 6.61 Å². The van der Waals surface area contributed by atoms with Gasteiger partial charge in [0, 0.05) is 10.7 Å². The lowest BCUT2D eigenvalue weighted by Gasteiger charge is -2.27. The summed E-state index contributed by atoms with van der Waals surface area (Å²) in [4.78, 5) is 12.3. The van der Waals surface area contributed by atoms with Gasteiger partial charge in [0.25, 0.3) is 5.91 Å². The smallest absolute Gasteiger partial charge is 0.259 e. The molecule has 0 aliphatic heterocycles. The van der Waals surface area contributed by atoms with Crippen LogP contribution in [0.5, 0.6) is 5.75 Å². The molecule has 0 unspecified atom stereocenters. The lowest BCUT2D eigenvalue weighted by Crippen LogP contribution is -2.50. The van der Waals surface area contributed by atoms with Crippen molar-refractivity contribution in [3.8, 4) is 5.75 Å². The average Bonchev–Trinajstić information content (AvgIpc) is 2.78.